The fourth-order valence-corrected chi connectivity index (χ4v) is 3.38. The molecule has 1 saturated heterocycles. The lowest BCUT2D eigenvalue weighted by Gasteiger charge is -2.35. The van der Waals surface area contributed by atoms with Gasteiger partial charge in [0.1, 0.15) is 11.0 Å². The Balaban J connectivity index is 2.14. The Labute approximate surface area is 142 Å². The molecule has 7 heteroatoms. The number of nitrogens with zero attached hydrogens (tertiary/aromatic N) is 3. The van der Waals surface area contributed by atoms with Crippen molar-refractivity contribution in [3.8, 4) is 0 Å². The summed E-state index contributed by atoms with van der Waals surface area (Å²) in [5.74, 6) is 2.59. The van der Waals surface area contributed by atoms with Crippen LogP contribution in [-0.2, 0) is 0 Å². The zero-order valence-corrected chi connectivity index (χ0v) is 15.1. The topological polar surface area (TPSA) is 53.1 Å². The summed E-state index contributed by atoms with van der Waals surface area (Å²) in [6, 6.07) is 2.07. The first-order valence-corrected chi connectivity index (χ1v) is 8.49. The fourth-order valence-electron chi connectivity index (χ4n) is 2.87. The number of anilines is 2. The second-order valence-corrected chi connectivity index (χ2v) is 7.27. The van der Waals surface area contributed by atoms with E-state index in [4.69, 9.17) is 23.8 Å². The SMILES string of the molecule is CC(C)NC(=S)Nc1nc(Cl)cc(N2C[C@H](C)C[C@H](C)C2)n1. The fraction of sp³-hybridized carbons (Fsp3) is 0.667. The summed E-state index contributed by atoms with van der Waals surface area (Å²) in [7, 11) is 0. The summed E-state index contributed by atoms with van der Waals surface area (Å²) in [5, 5.41) is 7.04. The van der Waals surface area contributed by atoms with E-state index in [2.05, 4.69) is 39.3 Å². The van der Waals surface area contributed by atoms with Crippen LogP contribution in [0.15, 0.2) is 6.07 Å². The molecule has 0 radical (unpaired) electrons. The summed E-state index contributed by atoms with van der Waals surface area (Å²) in [6.45, 7) is 10.6. The molecule has 0 amide bonds. The first-order valence-electron chi connectivity index (χ1n) is 7.70. The van der Waals surface area contributed by atoms with E-state index in [0.29, 0.717) is 28.0 Å². The summed E-state index contributed by atoms with van der Waals surface area (Å²) in [5.41, 5.74) is 0. The number of hydrogen-bond donors (Lipinski definition) is 2. The predicted molar refractivity (Wildman–Crippen MR) is 96.7 cm³/mol. The van der Waals surface area contributed by atoms with Crippen molar-refractivity contribution in [2.24, 2.45) is 11.8 Å². The molecule has 0 spiro atoms. The van der Waals surface area contributed by atoms with Crippen LogP contribution in [0.4, 0.5) is 11.8 Å². The van der Waals surface area contributed by atoms with Gasteiger partial charge in [-0.15, -0.1) is 0 Å². The van der Waals surface area contributed by atoms with Gasteiger partial charge in [0.2, 0.25) is 5.95 Å². The lowest BCUT2D eigenvalue weighted by Crippen LogP contribution is -2.39. The van der Waals surface area contributed by atoms with Crippen molar-refractivity contribution in [2.75, 3.05) is 23.3 Å². The standard InChI is InChI=1S/C15H24ClN5S/c1-9(2)17-15(22)20-14-18-12(16)6-13(19-14)21-7-10(3)5-11(4)8-21/h6,9-11H,5,7-8H2,1-4H3,(H2,17,18,19,20,22)/t10-,11+. The average Bonchev–Trinajstić information content (AvgIpc) is 2.35. The molecule has 0 saturated carbocycles. The van der Waals surface area contributed by atoms with Gasteiger partial charge in [-0.3, -0.25) is 0 Å². The van der Waals surface area contributed by atoms with Crippen LogP contribution >= 0.6 is 23.8 Å². The third-order valence-corrected chi connectivity index (χ3v) is 3.93. The molecular formula is C15H24ClN5S. The van der Waals surface area contributed by atoms with Gasteiger partial charge in [-0.05, 0) is 44.3 Å². The number of halogens is 1. The molecule has 0 aliphatic carbocycles. The van der Waals surface area contributed by atoms with Crippen molar-refractivity contribution in [1.29, 1.82) is 0 Å². The maximum Gasteiger partial charge on any atom is 0.232 e. The van der Waals surface area contributed by atoms with Gasteiger partial charge in [-0.2, -0.15) is 4.98 Å². The zero-order valence-electron chi connectivity index (χ0n) is 13.6. The summed E-state index contributed by atoms with van der Waals surface area (Å²) in [6.07, 6.45) is 1.25. The van der Waals surface area contributed by atoms with E-state index < -0.39 is 0 Å². The number of hydrogen-bond acceptors (Lipinski definition) is 4. The highest BCUT2D eigenvalue weighted by molar-refractivity contribution is 7.80. The molecule has 0 aromatic carbocycles. The smallest absolute Gasteiger partial charge is 0.232 e. The van der Waals surface area contributed by atoms with Crippen molar-refractivity contribution in [3.05, 3.63) is 11.2 Å². The van der Waals surface area contributed by atoms with Crippen LogP contribution in [0, 0.1) is 11.8 Å². The third kappa shape index (κ3) is 4.95. The highest BCUT2D eigenvalue weighted by atomic mass is 35.5. The number of nitrogens with one attached hydrogen (secondary N) is 2. The first kappa shape index (κ1) is 17.2. The van der Waals surface area contributed by atoms with E-state index in [1.165, 1.54) is 6.42 Å². The minimum absolute atomic E-state index is 0.252. The van der Waals surface area contributed by atoms with Crippen LogP contribution in [0.2, 0.25) is 5.15 Å². The molecule has 2 rings (SSSR count). The van der Waals surface area contributed by atoms with Crippen molar-refractivity contribution >= 4 is 40.7 Å². The Kier molecular flexibility index (Phi) is 5.81. The molecule has 2 heterocycles. The number of rotatable bonds is 3. The lowest BCUT2D eigenvalue weighted by atomic mass is 9.92. The second-order valence-electron chi connectivity index (χ2n) is 6.48. The molecule has 122 valence electrons. The molecule has 5 nitrogen and oxygen atoms in total. The highest BCUT2D eigenvalue weighted by Gasteiger charge is 2.23. The van der Waals surface area contributed by atoms with E-state index in [-0.39, 0.29) is 6.04 Å². The Morgan fingerprint density at radius 2 is 1.95 bits per heavy atom. The second kappa shape index (κ2) is 7.42. The molecule has 1 aliphatic heterocycles. The summed E-state index contributed by atoms with van der Waals surface area (Å²) >= 11 is 11.4. The molecule has 1 aromatic rings. The van der Waals surface area contributed by atoms with E-state index >= 15 is 0 Å². The van der Waals surface area contributed by atoms with Gasteiger partial charge < -0.3 is 15.5 Å². The molecule has 1 aromatic heterocycles. The van der Waals surface area contributed by atoms with Gasteiger partial charge in [0, 0.05) is 25.2 Å². The third-order valence-electron chi connectivity index (χ3n) is 3.52. The lowest BCUT2D eigenvalue weighted by molar-refractivity contribution is 0.355. The summed E-state index contributed by atoms with van der Waals surface area (Å²) < 4.78 is 0. The minimum Gasteiger partial charge on any atom is -0.360 e. The Hall–Kier alpha value is -1.14. The van der Waals surface area contributed by atoms with Crippen LogP contribution in [0.5, 0.6) is 0 Å². The van der Waals surface area contributed by atoms with Crippen LogP contribution in [0.3, 0.4) is 0 Å². The van der Waals surface area contributed by atoms with Crippen molar-refractivity contribution in [3.63, 3.8) is 0 Å². The molecule has 2 N–H and O–H groups in total. The quantitative estimate of drug-likeness (QED) is 0.650. The van der Waals surface area contributed by atoms with Crippen molar-refractivity contribution in [2.45, 2.75) is 40.2 Å². The molecular weight excluding hydrogens is 318 g/mol. The first-order chi connectivity index (χ1) is 10.3. The van der Waals surface area contributed by atoms with Crippen molar-refractivity contribution < 1.29 is 0 Å². The zero-order chi connectivity index (χ0) is 16.3. The highest BCUT2D eigenvalue weighted by Crippen LogP contribution is 2.26. The van der Waals surface area contributed by atoms with E-state index in [1.54, 1.807) is 0 Å². The van der Waals surface area contributed by atoms with E-state index in [9.17, 15) is 0 Å². The molecule has 22 heavy (non-hydrogen) atoms. The van der Waals surface area contributed by atoms with E-state index in [0.717, 1.165) is 18.9 Å². The van der Waals surface area contributed by atoms with Crippen LogP contribution in [0.25, 0.3) is 0 Å². The van der Waals surface area contributed by atoms with Crippen molar-refractivity contribution in [1.82, 2.24) is 15.3 Å². The maximum atomic E-state index is 6.15. The summed E-state index contributed by atoms with van der Waals surface area (Å²) in [4.78, 5) is 11.0. The number of aromatic nitrogens is 2. The Morgan fingerprint density at radius 3 is 2.55 bits per heavy atom. The number of thiocarbonyl (C=S) groups is 1. The average molecular weight is 342 g/mol. The maximum absolute atomic E-state index is 6.15. The molecule has 1 aliphatic rings. The minimum atomic E-state index is 0.252. The molecule has 0 unspecified atom stereocenters. The van der Waals surface area contributed by atoms with Crippen LogP contribution < -0.4 is 15.5 Å². The predicted octanol–water partition coefficient (Wildman–Crippen LogP) is 3.31. The van der Waals surface area contributed by atoms with Gasteiger partial charge in [-0.25, -0.2) is 4.98 Å². The van der Waals surface area contributed by atoms with Crippen LogP contribution in [-0.4, -0.2) is 34.2 Å². The Bertz CT molecular complexity index is 527. The largest absolute Gasteiger partial charge is 0.360 e. The van der Waals surface area contributed by atoms with Gasteiger partial charge in [-0.1, -0.05) is 25.4 Å². The number of piperidine rings is 1. The van der Waals surface area contributed by atoms with Gasteiger partial charge in [0.15, 0.2) is 5.11 Å². The van der Waals surface area contributed by atoms with Crippen LogP contribution in [0.1, 0.15) is 34.1 Å². The van der Waals surface area contributed by atoms with Gasteiger partial charge in [0.05, 0.1) is 0 Å². The monoisotopic (exact) mass is 341 g/mol. The molecule has 0 bridgehead atoms. The van der Waals surface area contributed by atoms with E-state index in [1.807, 2.05) is 19.9 Å². The normalized spacial score (nSPS) is 21.8. The van der Waals surface area contributed by atoms with Gasteiger partial charge >= 0.3 is 0 Å². The molecule has 2 atom stereocenters. The van der Waals surface area contributed by atoms with Gasteiger partial charge in [0.25, 0.3) is 0 Å². The molecule has 1 fully saturated rings. The Morgan fingerprint density at radius 1 is 1.32 bits per heavy atom.